The van der Waals surface area contributed by atoms with E-state index in [4.69, 9.17) is 9.47 Å². The summed E-state index contributed by atoms with van der Waals surface area (Å²) in [5.74, 6) is -2.60. The molecule has 5 atom stereocenters. The number of esters is 1. The molecule has 0 aromatic carbocycles. The third kappa shape index (κ3) is 3.71. The lowest BCUT2D eigenvalue weighted by molar-refractivity contribution is -0.161. The fraction of sp³-hybridized carbons (Fsp3) is 0.720. The van der Waals surface area contributed by atoms with Crippen molar-refractivity contribution >= 4 is 17.8 Å². The summed E-state index contributed by atoms with van der Waals surface area (Å²) in [7, 11) is 0. The van der Waals surface area contributed by atoms with Crippen LogP contribution < -0.4 is 0 Å². The molecule has 0 aromatic heterocycles. The molecule has 0 aliphatic carbocycles. The van der Waals surface area contributed by atoms with Crippen molar-refractivity contribution in [2.24, 2.45) is 11.8 Å². The third-order valence-corrected chi connectivity index (χ3v) is 7.59. The largest absolute Gasteiger partial charge is 0.465 e. The molecule has 8 nitrogen and oxygen atoms in total. The van der Waals surface area contributed by atoms with Gasteiger partial charge in [-0.3, -0.25) is 14.4 Å². The highest BCUT2D eigenvalue weighted by Crippen LogP contribution is 2.58. The monoisotopic (exact) mass is 460 g/mol. The minimum atomic E-state index is -1.26. The summed E-state index contributed by atoms with van der Waals surface area (Å²) in [4.78, 5) is 44.5. The normalized spacial score (nSPS) is 37.5. The van der Waals surface area contributed by atoms with Crippen LogP contribution in [0.1, 0.15) is 52.9 Å². The maximum absolute atomic E-state index is 13.9. The van der Waals surface area contributed by atoms with Crippen LogP contribution in [0.25, 0.3) is 0 Å². The van der Waals surface area contributed by atoms with Gasteiger partial charge < -0.3 is 24.4 Å². The first-order valence-electron chi connectivity index (χ1n) is 12.3. The number of rotatable bonds is 5. The highest BCUT2D eigenvalue weighted by Gasteiger charge is 2.75. The number of carbonyl (C=O) groups excluding carboxylic acids is 3. The molecule has 1 spiro atoms. The summed E-state index contributed by atoms with van der Waals surface area (Å²) in [6.07, 6.45) is 11.0. The van der Waals surface area contributed by atoms with Crippen molar-refractivity contribution in [1.29, 1.82) is 0 Å². The zero-order valence-electron chi connectivity index (χ0n) is 19.9. The molecule has 182 valence electrons. The van der Waals surface area contributed by atoms with Gasteiger partial charge in [0.2, 0.25) is 11.8 Å². The van der Waals surface area contributed by atoms with E-state index >= 15 is 0 Å². The van der Waals surface area contributed by atoms with Gasteiger partial charge in [-0.2, -0.15) is 0 Å². The molecule has 4 aliphatic rings. The number of carbonyl (C=O) groups is 3. The number of ether oxygens (including phenoxy) is 2. The molecule has 0 radical (unpaired) electrons. The Morgan fingerprint density at radius 1 is 1.12 bits per heavy atom. The van der Waals surface area contributed by atoms with Crippen molar-refractivity contribution in [1.82, 2.24) is 9.80 Å². The molecular weight excluding hydrogens is 424 g/mol. The molecule has 4 aliphatic heterocycles. The lowest BCUT2D eigenvalue weighted by Crippen LogP contribution is -2.57. The van der Waals surface area contributed by atoms with Gasteiger partial charge in [0.25, 0.3) is 0 Å². The van der Waals surface area contributed by atoms with E-state index in [1.165, 1.54) is 4.90 Å². The van der Waals surface area contributed by atoms with Gasteiger partial charge in [-0.05, 0) is 46.0 Å². The lowest BCUT2D eigenvalue weighted by Gasteiger charge is -2.39. The summed E-state index contributed by atoms with van der Waals surface area (Å²) in [5.41, 5.74) is -2.28. The standard InChI is InChI=1S/C25H36N2O6/c1-4-24-11-7-5-6-8-16-32-23(31)19(24)18-21(29)27(14-10-15-28)20-22(30)26(17(2)3)13-9-12-25(18,20)33-24/h7,9,11-12,17-20,28H,4-6,8,10,13-16H2,1-3H3/b11-7-/t18-,19-,20?,24+,25-/m0/s1. The molecule has 0 saturated carbocycles. The first kappa shape index (κ1) is 24.0. The van der Waals surface area contributed by atoms with Crippen LogP contribution in [0.5, 0.6) is 0 Å². The Hall–Kier alpha value is -2.19. The molecule has 2 fully saturated rings. The van der Waals surface area contributed by atoms with Crippen molar-refractivity contribution in [2.75, 3.05) is 26.3 Å². The van der Waals surface area contributed by atoms with E-state index in [0.717, 1.165) is 19.3 Å². The molecule has 8 heteroatoms. The van der Waals surface area contributed by atoms with Crippen LogP contribution in [0.4, 0.5) is 0 Å². The van der Waals surface area contributed by atoms with Crippen molar-refractivity contribution in [3.8, 4) is 0 Å². The van der Waals surface area contributed by atoms with Crippen LogP contribution in [0.3, 0.4) is 0 Å². The number of aliphatic hydroxyl groups excluding tert-OH is 1. The maximum atomic E-state index is 13.9. The summed E-state index contributed by atoms with van der Waals surface area (Å²) in [5, 5.41) is 9.44. The second-order valence-corrected chi connectivity index (χ2v) is 9.78. The fourth-order valence-electron chi connectivity index (χ4n) is 6.00. The molecule has 2 saturated heterocycles. The van der Waals surface area contributed by atoms with E-state index in [1.54, 1.807) is 4.90 Å². The molecule has 4 rings (SSSR count). The second-order valence-electron chi connectivity index (χ2n) is 9.78. The van der Waals surface area contributed by atoms with Gasteiger partial charge in [0, 0.05) is 25.7 Å². The van der Waals surface area contributed by atoms with Crippen LogP contribution >= 0.6 is 0 Å². The second kappa shape index (κ2) is 9.22. The zero-order chi connectivity index (χ0) is 23.8. The van der Waals surface area contributed by atoms with E-state index < -0.39 is 35.0 Å². The van der Waals surface area contributed by atoms with Crippen LogP contribution in [-0.4, -0.2) is 82.3 Å². The molecule has 1 N–H and O–H groups in total. The van der Waals surface area contributed by atoms with Crippen molar-refractivity contribution in [3.05, 3.63) is 24.3 Å². The average Bonchev–Trinajstić information content (AvgIpc) is 3.13. The van der Waals surface area contributed by atoms with Crippen molar-refractivity contribution in [3.63, 3.8) is 0 Å². The molecule has 0 bridgehead atoms. The molecule has 4 heterocycles. The van der Waals surface area contributed by atoms with Gasteiger partial charge in [-0.15, -0.1) is 0 Å². The van der Waals surface area contributed by atoms with Crippen molar-refractivity contribution in [2.45, 2.75) is 76.2 Å². The predicted octanol–water partition coefficient (Wildman–Crippen LogP) is 1.82. The van der Waals surface area contributed by atoms with Crippen molar-refractivity contribution < 1.29 is 29.0 Å². The summed E-state index contributed by atoms with van der Waals surface area (Å²) in [6, 6.07) is -0.941. The predicted molar refractivity (Wildman–Crippen MR) is 121 cm³/mol. The Morgan fingerprint density at radius 3 is 2.61 bits per heavy atom. The first-order valence-corrected chi connectivity index (χ1v) is 12.3. The number of allylic oxidation sites excluding steroid dienone is 1. The third-order valence-electron chi connectivity index (χ3n) is 7.59. The zero-order valence-corrected chi connectivity index (χ0v) is 19.9. The fourth-order valence-corrected chi connectivity index (χ4v) is 6.00. The van der Waals surface area contributed by atoms with Gasteiger partial charge >= 0.3 is 5.97 Å². The topological polar surface area (TPSA) is 96.4 Å². The molecule has 1 unspecified atom stereocenters. The maximum Gasteiger partial charge on any atom is 0.313 e. The van der Waals surface area contributed by atoms with E-state index in [1.807, 2.05) is 45.1 Å². The minimum absolute atomic E-state index is 0.0572. The number of likely N-dealkylation sites (tertiary alicyclic amines) is 1. The van der Waals surface area contributed by atoms with Crippen LogP contribution in [-0.2, 0) is 23.9 Å². The number of nitrogens with zero attached hydrogens (tertiary/aromatic N) is 2. The van der Waals surface area contributed by atoms with Gasteiger partial charge in [-0.25, -0.2) is 0 Å². The molecule has 0 aromatic rings. The summed E-state index contributed by atoms with van der Waals surface area (Å²) >= 11 is 0. The number of cyclic esters (lactones) is 1. The van der Waals surface area contributed by atoms with Gasteiger partial charge in [0.1, 0.15) is 23.2 Å². The SMILES string of the molecule is CC[C@@]12/C=C\CCCCOC(=O)[C@@H]1[C@H]1C(=O)N(CCCO)C3C(=O)N(C(C)C)CC=C[C@@]31O2. The van der Waals surface area contributed by atoms with Gasteiger partial charge in [-0.1, -0.05) is 31.2 Å². The highest BCUT2D eigenvalue weighted by molar-refractivity contribution is 5.99. The summed E-state index contributed by atoms with van der Waals surface area (Å²) < 4.78 is 12.5. The first-order chi connectivity index (χ1) is 15.8. The smallest absolute Gasteiger partial charge is 0.313 e. The van der Waals surface area contributed by atoms with E-state index in [0.29, 0.717) is 26.0 Å². The van der Waals surface area contributed by atoms with E-state index in [9.17, 15) is 19.5 Å². The molecule has 33 heavy (non-hydrogen) atoms. The Labute approximate surface area is 195 Å². The number of hydrogen-bond donors (Lipinski definition) is 1. The van der Waals surface area contributed by atoms with E-state index in [2.05, 4.69) is 0 Å². The van der Waals surface area contributed by atoms with Gasteiger partial charge in [0.05, 0.1) is 12.5 Å². The average molecular weight is 461 g/mol. The van der Waals surface area contributed by atoms with Crippen LogP contribution in [0.2, 0.25) is 0 Å². The van der Waals surface area contributed by atoms with Gasteiger partial charge in [0.15, 0.2) is 0 Å². The van der Waals surface area contributed by atoms with Crippen LogP contribution in [0, 0.1) is 11.8 Å². The van der Waals surface area contributed by atoms with E-state index in [-0.39, 0.29) is 31.0 Å². The molecule has 2 amide bonds. The number of fused-ring (bicyclic) bond motifs is 2. The number of aliphatic hydroxyl groups is 1. The Bertz CT molecular complexity index is 854. The highest BCUT2D eigenvalue weighted by atomic mass is 16.6. The number of amides is 2. The molecular formula is C25H36N2O6. The Balaban J connectivity index is 1.88. The minimum Gasteiger partial charge on any atom is -0.465 e. The lowest BCUT2D eigenvalue weighted by atomic mass is 9.73. The van der Waals surface area contributed by atoms with Crippen LogP contribution in [0.15, 0.2) is 24.3 Å². The number of hydrogen-bond acceptors (Lipinski definition) is 6. The Kier molecular flexibility index (Phi) is 6.69. The quantitative estimate of drug-likeness (QED) is 0.497. The summed E-state index contributed by atoms with van der Waals surface area (Å²) in [6.45, 7) is 6.69. The Morgan fingerprint density at radius 2 is 1.91 bits per heavy atom.